The van der Waals surface area contributed by atoms with Crippen LogP contribution in [0.2, 0.25) is 0 Å². The Morgan fingerprint density at radius 2 is 1.42 bits per heavy atom. The van der Waals surface area contributed by atoms with Crippen LogP contribution in [0.1, 0.15) is 92.9 Å². The van der Waals surface area contributed by atoms with Crippen molar-refractivity contribution in [3.8, 4) is 0 Å². The van der Waals surface area contributed by atoms with Crippen LogP contribution in [0.3, 0.4) is 0 Å². The molecule has 0 spiro atoms. The lowest BCUT2D eigenvalue weighted by Gasteiger charge is -2.35. The first-order valence-corrected chi connectivity index (χ1v) is 12.0. The third kappa shape index (κ3) is 10.0. The molecule has 190 valence electrons. The highest BCUT2D eigenvalue weighted by Crippen LogP contribution is 2.28. The summed E-state index contributed by atoms with van der Waals surface area (Å²) in [5.41, 5.74) is -1.78. The predicted molar refractivity (Wildman–Crippen MR) is 125 cm³/mol. The topological polar surface area (TPSA) is 123 Å². The van der Waals surface area contributed by atoms with Crippen LogP contribution in [0, 0.1) is 5.92 Å². The predicted octanol–water partition coefficient (Wildman–Crippen LogP) is 3.20. The van der Waals surface area contributed by atoms with Crippen molar-refractivity contribution < 1.29 is 28.7 Å². The summed E-state index contributed by atoms with van der Waals surface area (Å²) in [6.07, 6.45) is 5.40. The summed E-state index contributed by atoms with van der Waals surface area (Å²) < 4.78 is 10.2. The second kappa shape index (κ2) is 12.8. The smallest absolute Gasteiger partial charge is 0.408 e. The van der Waals surface area contributed by atoms with E-state index in [1.165, 1.54) is 14.0 Å². The van der Waals surface area contributed by atoms with E-state index in [0.717, 1.165) is 32.1 Å². The van der Waals surface area contributed by atoms with Crippen molar-refractivity contribution in [3.05, 3.63) is 0 Å². The third-order valence-electron chi connectivity index (χ3n) is 5.61. The molecule has 1 aliphatic carbocycles. The van der Waals surface area contributed by atoms with Crippen LogP contribution in [0.25, 0.3) is 0 Å². The number of ether oxygens (including phenoxy) is 2. The summed E-state index contributed by atoms with van der Waals surface area (Å²) >= 11 is 0. The zero-order valence-corrected chi connectivity index (χ0v) is 21.3. The Hall–Kier alpha value is -2.32. The van der Waals surface area contributed by atoms with E-state index in [-0.39, 0.29) is 5.92 Å². The number of amides is 3. The second-order valence-corrected chi connectivity index (χ2v) is 10.4. The molecule has 0 saturated heterocycles. The summed E-state index contributed by atoms with van der Waals surface area (Å²) in [6.45, 7) is 10.6. The zero-order chi connectivity index (χ0) is 25.2. The summed E-state index contributed by atoms with van der Waals surface area (Å²) in [5.74, 6) is -1.27. The van der Waals surface area contributed by atoms with Crippen LogP contribution in [0.15, 0.2) is 0 Å². The molecule has 3 amide bonds. The van der Waals surface area contributed by atoms with Gasteiger partial charge in [-0.15, -0.1) is 0 Å². The first-order chi connectivity index (χ1) is 15.3. The highest BCUT2D eigenvalue weighted by molar-refractivity contribution is 5.94. The number of hydrogen-bond acceptors (Lipinski definition) is 6. The van der Waals surface area contributed by atoms with Crippen LogP contribution in [-0.2, 0) is 23.9 Å². The quantitative estimate of drug-likeness (QED) is 0.469. The normalized spacial score (nSPS) is 18.2. The van der Waals surface area contributed by atoms with E-state index in [9.17, 15) is 19.2 Å². The molecule has 0 radical (unpaired) electrons. The van der Waals surface area contributed by atoms with Crippen LogP contribution < -0.4 is 16.0 Å². The lowest BCUT2D eigenvalue weighted by atomic mass is 9.83. The monoisotopic (exact) mass is 469 g/mol. The average Bonchev–Trinajstić information content (AvgIpc) is 2.66. The van der Waals surface area contributed by atoms with Gasteiger partial charge in [0, 0.05) is 0 Å². The number of rotatable bonds is 8. The van der Waals surface area contributed by atoms with Crippen molar-refractivity contribution in [2.24, 2.45) is 5.92 Å². The number of nitrogens with one attached hydrogen (secondary N) is 3. The average molecular weight is 470 g/mol. The molecule has 0 aliphatic heterocycles. The third-order valence-corrected chi connectivity index (χ3v) is 5.61. The molecule has 1 aliphatic rings. The number of methoxy groups -OCH3 is 1. The molecule has 9 nitrogen and oxygen atoms in total. The molecule has 0 aromatic rings. The van der Waals surface area contributed by atoms with Gasteiger partial charge in [-0.1, -0.05) is 46.0 Å². The highest BCUT2D eigenvalue weighted by Gasteiger charge is 2.42. The maximum atomic E-state index is 13.3. The summed E-state index contributed by atoms with van der Waals surface area (Å²) in [5, 5.41) is 8.15. The fourth-order valence-corrected chi connectivity index (χ4v) is 3.96. The Morgan fingerprint density at radius 3 is 1.91 bits per heavy atom. The molecule has 1 saturated carbocycles. The van der Waals surface area contributed by atoms with E-state index in [4.69, 9.17) is 9.47 Å². The molecule has 33 heavy (non-hydrogen) atoms. The van der Waals surface area contributed by atoms with Crippen molar-refractivity contribution in [1.29, 1.82) is 0 Å². The molecule has 1 fully saturated rings. The van der Waals surface area contributed by atoms with E-state index in [0.29, 0.717) is 19.3 Å². The van der Waals surface area contributed by atoms with E-state index in [2.05, 4.69) is 16.0 Å². The molecule has 3 N–H and O–H groups in total. The number of hydrogen-bond donors (Lipinski definition) is 3. The van der Waals surface area contributed by atoms with Gasteiger partial charge < -0.3 is 25.4 Å². The molecular formula is C24H43N3O6. The maximum Gasteiger partial charge on any atom is 0.408 e. The SMILES string of the molecule is COC(=O)C1(NC(=O)C(CC(C)C)NC(=O)C(C)NC(=O)OC(C)(C)C)CCCCCCC1. The van der Waals surface area contributed by atoms with Gasteiger partial charge >= 0.3 is 12.1 Å². The van der Waals surface area contributed by atoms with Crippen molar-refractivity contribution in [3.63, 3.8) is 0 Å². The van der Waals surface area contributed by atoms with Gasteiger partial charge in [-0.2, -0.15) is 0 Å². The Bertz CT molecular complexity index is 678. The lowest BCUT2D eigenvalue weighted by molar-refractivity contribution is -0.152. The van der Waals surface area contributed by atoms with Crippen LogP contribution in [0.4, 0.5) is 4.79 Å². The maximum absolute atomic E-state index is 13.3. The zero-order valence-electron chi connectivity index (χ0n) is 21.3. The van der Waals surface area contributed by atoms with Gasteiger partial charge in [0.25, 0.3) is 0 Å². The molecule has 2 atom stereocenters. The molecule has 0 aromatic heterocycles. The molecular weight excluding hydrogens is 426 g/mol. The van der Waals surface area contributed by atoms with Crippen LogP contribution in [0.5, 0.6) is 0 Å². The van der Waals surface area contributed by atoms with Crippen molar-refractivity contribution >= 4 is 23.9 Å². The fraction of sp³-hybridized carbons (Fsp3) is 0.833. The molecule has 2 unspecified atom stereocenters. The minimum Gasteiger partial charge on any atom is -0.467 e. The van der Waals surface area contributed by atoms with Crippen LogP contribution in [-0.4, -0.2) is 54.2 Å². The van der Waals surface area contributed by atoms with Crippen molar-refractivity contribution in [2.75, 3.05) is 7.11 Å². The summed E-state index contributed by atoms with van der Waals surface area (Å²) in [7, 11) is 1.33. The highest BCUT2D eigenvalue weighted by atomic mass is 16.6. The van der Waals surface area contributed by atoms with Gasteiger partial charge in [0.05, 0.1) is 7.11 Å². The second-order valence-electron chi connectivity index (χ2n) is 10.4. The van der Waals surface area contributed by atoms with Gasteiger partial charge in [-0.25, -0.2) is 9.59 Å². The Labute approximate surface area is 198 Å². The fourth-order valence-electron chi connectivity index (χ4n) is 3.96. The van der Waals surface area contributed by atoms with Gasteiger partial charge in [0.1, 0.15) is 23.2 Å². The van der Waals surface area contributed by atoms with Crippen molar-refractivity contribution in [2.45, 2.75) is 116 Å². The Kier molecular flexibility index (Phi) is 11.1. The van der Waals surface area contributed by atoms with Gasteiger partial charge in [-0.3, -0.25) is 9.59 Å². The van der Waals surface area contributed by atoms with E-state index < -0.39 is 47.1 Å². The van der Waals surface area contributed by atoms with Gasteiger partial charge in [0.15, 0.2) is 0 Å². The Balaban J connectivity index is 2.94. The summed E-state index contributed by atoms with van der Waals surface area (Å²) in [6, 6.07) is -1.76. The number of carbonyl (C=O) groups is 4. The first kappa shape index (κ1) is 28.7. The molecule has 0 heterocycles. The van der Waals surface area contributed by atoms with E-state index in [1.807, 2.05) is 13.8 Å². The largest absolute Gasteiger partial charge is 0.467 e. The molecule has 9 heteroatoms. The van der Waals surface area contributed by atoms with Crippen LogP contribution >= 0.6 is 0 Å². The lowest BCUT2D eigenvalue weighted by Crippen LogP contribution is -2.61. The minimum absolute atomic E-state index is 0.113. The minimum atomic E-state index is -1.09. The van der Waals surface area contributed by atoms with E-state index in [1.54, 1.807) is 20.8 Å². The first-order valence-electron chi connectivity index (χ1n) is 12.0. The number of carbonyl (C=O) groups excluding carboxylic acids is 4. The number of alkyl carbamates (subject to hydrolysis) is 1. The van der Waals surface area contributed by atoms with E-state index >= 15 is 0 Å². The molecule has 1 rings (SSSR count). The molecule has 0 aromatic carbocycles. The summed E-state index contributed by atoms with van der Waals surface area (Å²) in [4.78, 5) is 50.8. The Morgan fingerprint density at radius 1 is 0.879 bits per heavy atom. The van der Waals surface area contributed by atoms with Gasteiger partial charge in [-0.05, 0) is 52.9 Å². The molecule has 0 bridgehead atoms. The number of esters is 1. The van der Waals surface area contributed by atoms with Gasteiger partial charge in [0.2, 0.25) is 11.8 Å². The van der Waals surface area contributed by atoms with Crippen molar-refractivity contribution in [1.82, 2.24) is 16.0 Å². The standard InChI is InChI=1S/C24H43N3O6/c1-16(2)15-18(26-19(28)17(3)25-22(31)33-23(4,5)6)20(29)27-24(21(30)32-7)13-11-9-8-10-12-14-24/h16-18H,8-15H2,1-7H3,(H,25,31)(H,26,28)(H,27,29).